The molecule has 0 spiro atoms. The lowest BCUT2D eigenvalue weighted by molar-refractivity contribution is 0.289. The van der Waals surface area contributed by atoms with Crippen LogP contribution in [0.3, 0.4) is 0 Å². The van der Waals surface area contributed by atoms with Crippen molar-refractivity contribution in [2.24, 2.45) is 0 Å². The highest BCUT2D eigenvalue weighted by Gasteiger charge is 2.18. The van der Waals surface area contributed by atoms with E-state index in [1.165, 1.54) is 55.9 Å². The maximum Gasteiger partial charge on any atom is 0.161 e. The van der Waals surface area contributed by atoms with Crippen LogP contribution in [0.4, 0.5) is 11.4 Å². The molecule has 0 aromatic heterocycles. The lowest BCUT2D eigenvalue weighted by Crippen LogP contribution is -2.31. The molecule has 2 aliphatic heterocycles. The first kappa shape index (κ1) is 29.0. The zero-order valence-electron chi connectivity index (χ0n) is 26.5. The Morgan fingerprint density at radius 3 is 1.00 bits per heavy atom. The largest absolute Gasteiger partial charge is 0.473 e. The van der Waals surface area contributed by atoms with Gasteiger partial charge < -0.3 is 19.3 Å². The van der Waals surface area contributed by atoms with Crippen molar-refractivity contribution < 1.29 is 9.47 Å². The molecule has 47 heavy (non-hydrogen) atoms. The van der Waals surface area contributed by atoms with Crippen LogP contribution in [0.15, 0.2) is 146 Å². The molecule has 0 N–H and O–H groups in total. The van der Waals surface area contributed by atoms with Crippen LogP contribution in [0.5, 0.6) is 11.5 Å². The summed E-state index contributed by atoms with van der Waals surface area (Å²) in [6, 6.07) is 52.5. The fraction of sp³-hybridized carbons (Fsp3) is 0.163. The van der Waals surface area contributed by atoms with Gasteiger partial charge >= 0.3 is 0 Å². The Bertz CT molecular complexity index is 1800. The van der Waals surface area contributed by atoms with E-state index in [4.69, 9.17) is 9.47 Å². The number of nitrogens with zero attached hydrogens (tertiary/aromatic N) is 2. The van der Waals surface area contributed by atoms with Crippen molar-refractivity contribution in [1.82, 2.24) is 0 Å². The first-order valence-corrected chi connectivity index (χ1v) is 16.5. The first-order chi connectivity index (χ1) is 23.2. The molecular formula is C43H38N2O2. The number of rotatable bonds is 8. The van der Waals surface area contributed by atoms with Gasteiger partial charge in [-0.25, -0.2) is 0 Å². The van der Waals surface area contributed by atoms with E-state index in [1.807, 2.05) is 24.3 Å². The highest BCUT2D eigenvalue weighted by molar-refractivity contribution is 5.52. The lowest BCUT2D eigenvalue weighted by atomic mass is 9.98. The topological polar surface area (TPSA) is 24.9 Å². The van der Waals surface area contributed by atoms with E-state index in [-0.39, 0.29) is 0 Å². The van der Waals surface area contributed by atoms with Gasteiger partial charge in [0.05, 0.1) is 0 Å². The molecule has 0 radical (unpaired) electrons. The monoisotopic (exact) mass is 614 g/mol. The predicted molar refractivity (Wildman–Crippen MR) is 190 cm³/mol. The van der Waals surface area contributed by atoms with Crippen molar-refractivity contribution in [3.05, 3.63) is 190 Å². The van der Waals surface area contributed by atoms with Gasteiger partial charge in [-0.2, -0.15) is 0 Å². The van der Waals surface area contributed by atoms with Crippen LogP contribution in [0.1, 0.15) is 44.5 Å². The summed E-state index contributed by atoms with van der Waals surface area (Å²) in [7, 11) is 0. The third kappa shape index (κ3) is 6.73. The Kier molecular flexibility index (Phi) is 8.07. The molecule has 0 atom stereocenters. The predicted octanol–water partition coefficient (Wildman–Crippen LogP) is 9.17. The minimum atomic E-state index is 0.584. The molecule has 0 unspecified atom stereocenters. The molecular weight excluding hydrogens is 576 g/mol. The van der Waals surface area contributed by atoms with Crippen molar-refractivity contribution in [1.29, 1.82) is 0 Å². The van der Waals surface area contributed by atoms with Crippen LogP contribution in [-0.2, 0) is 32.4 Å². The van der Waals surface area contributed by atoms with E-state index in [0.717, 1.165) is 43.9 Å². The van der Waals surface area contributed by atoms with Crippen molar-refractivity contribution in [3.63, 3.8) is 0 Å². The second kappa shape index (κ2) is 13.1. The second-order valence-electron chi connectivity index (χ2n) is 12.7. The third-order valence-corrected chi connectivity index (χ3v) is 9.29. The highest BCUT2D eigenvalue weighted by atomic mass is 16.5. The number of fused-ring (bicyclic) bond motifs is 2. The number of ether oxygens (including phenoxy) is 2. The van der Waals surface area contributed by atoms with Crippen molar-refractivity contribution in [2.75, 3.05) is 23.3 Å². The Hall–Kier alpha value is -5.48. The van der Waals surface area contributed by atoms with Crippen molar-refractivity contribution >= 4 is 11.4 Å². The van der Waals surface area contributed by atoms with Gasteiger partial charge in [0.2, 0.25) is 0 Å². The van der Waals surface area contributed by atoms with Gasteiger partial charge in [-0.15, -0.1) is 0 Å². The average Bonchev–Trinajstić information content (AvgIpc) is 3.13. The highest BCUT2D eigenvalue weighted by Crippen LogP contribution is 2.30. The third-order valence-electron chi connectivity index (χ3n) is 9.29. The summed E-state index contributed by atoms with van der Waals surface area (Å²) in [5.41, 5.74) is 12.8. The van der Waals surface area contributed by atoms with Gasteiger partial charge in [-0.05, 0) is 89.0 Å². The van der Waals surface area contributed by atoms with Gasteiger partial charge in [0.25, 0.3) is 0 Å². The lowest BCUT2D eigenvalue weighted by Gasteiger charge is -2.30. The Balaban J connectivity index is 0.829. The molecule has 0 fully saturated rings. The number of hydrogen-bond donors (Lipinski definition) is 0. The maximum absolute atomic E-state index is 5.95. The molecule has 6 aromatic rings. The van der Waals surface area contributed by atoms with E-state index < -0.39 is 0 Å². The van der Waals surface area contributed by atoms with E-state index in [1.54, 1.807) is 0 Å². The van der Waals surface area contributed by atoms with E-state index in [2.05, 4.69) is 131 Å². The zero-order valence-corrected chi connectivity index (χ0v) is 26.5. The van der Waals surface area contributed by atoms with Crippen molar-refractivity contribution in [2.45, 2.75) is 32.4 Å². The van der Waals surface area contributed by atoms with Crippen LogP contribution in [0.2, 0.25) is 0 Å². The van der Waals surface area contributed by atoms with Crippen LogP contribution in [0.25, 0.3) is 0 Å². The smallest absolute Gasteiger partial charge is 0.161 e. The van der Waals surface area contributed by atoms with E-state index in [0.29, 0.717) is 13.5 Å². The molecule has 2 heterocycles. The molecule has 232 valence electrons. The standard InChI is InChI=1S/C43H38N2O2/c1-3-7-42-38(5-1)28-44(30-46-42)40-21-17-36(18-22-40)26-34-13-9-32(10-14-34)25-33-11-15-35(16-12-33)27-37-19-23-41(24-20-37)45-29-39-6-2-4-8-43(39)47-31-45/h1-24H,25-31H2. The summed E-state index contributed by atoms with van der Waals surface area (Å²) in [6.07, 6.45) is 2.79. The summed E-state index contributed by atoms with van der Waals surface area (Å²) >= 11 is 0. The number of benzene rings is 6. The van der Waals surface area contributed by atoms with Gasteiger partial charge in [0, 0.05) is 35.6 Å². The molecule has 4 heteroatoms. The Morgan fingerprint density at radius 2 is 0.660 bits per heavy atom. The van der Waals surface area contributed by atoms with Gasteiger partial charge in [0.15, 0.2) is 13.5 Å². The average molecular weight is 615 g/mol. The number of para-hydroxylation sites is 2. The number of anilines is 2. The SMILES string of the molecule is c1ccc2c(c1)CN(c1ccc(Cc3ccc(Cc4ccc(Cc5ccc(N6COc7ccccc7C6)cc5)cc4)cc3)cc1)CO2. The Morgan fingerprint density at radius 1 is 0.362 bits per heavy atom. The van der Waals surface area contributed by atoms with Gasteiger partial charge in [-0.1, -0.05) is 109 Å². The van der Waals surface area contributed by atoms with E-state index >= 15 is 0 Å². The second-order valence-corrected chi connectivity index (χ2v) is 12.7. The fourth-order valence-corrected chi connectivity index (χ4v) is 6.59. The Labute approximate surface area is 277 Å². The van der Waals surface area contributed by atoms with Crippen LogP contribution < -0.4 is 19.3 Å². The van der Waals surface area contributed by atoms with Crippen LogP contribution in [-0.4, -0.2) is 13.5 Å². The molecule has 4 nitrogen and oxygen atoms in total. The summed E-state index contributed by atoms with van der Waals surface area (Å²) < 4.78 is 11.9. The van der Waals surface area contributed by atoms with Crippen LogP contribution >= 0.6 is 0 Å². The molecule has 8 rings (SSSR count). The summed E-state index contributed by atoms with van der Waals surface area (Å²) in [5, 5.41) is 0. The maximum atomic E-state index is 5.95. The molecule has 0 bridgehead atoms. The molecule has 0 aliphatic carbocycles. The minimum Gasteiger partial charge on any atom is -0.473 e. The zero-order chi connectivity index (χ0) is 31.4. The van der Waals surface area contributed by atoms with Gasteiger partial charge in [-0.3, -0.25) is 0 Å². The van der Waals surface area contributed by atoms with E-state index in [9.17, 15) is 0 Å². The van der Waals surface area contributed by atoms with Crippen LogP contribution in [0, 0.1) is 0 Å². The quantitative estimate of drug-likeness (QED) is 0.171. The molecule has 6 aromatic carbocycles. The number of hydrogen-bond acceptors (Lipinski definition) is 4. The van der Waals surface area contributed by atoms with Crippen molar-refractivity contribution in [3.8, 4) is 11.5 Å². The summed E-state index contributed by atoms with van der Waals surface area (Å²) in [4.78, 5) is 4.55. The molecule has 0 saturated carbocycles. The van der Waals surface area contributed by atoms with Gasteiger partial charge in [0.1, 0.15) is 11.5 Å². The normalized spacial score (nSPS) is 13.7. The minimum absolute atomic E-state index is 0.584. The molecule has 2 aliphatic rings. The molecule has 0 amide bonds. The first-order valence-electron chi connectivity index (χ1n) is 16.5. The summed E-state index contributed by atoms with van der Waals surface area (Å²) in [5.74, 6) is 1.99. The molecule has 0 saturated heterocycles. The summed E-state index contributed by atoms with van der Waals surface area (Å²) in [6.45, 7) is 2.92. The fourth-order valence-electron chi connectivity index (χ4n) is 6.59.